The van der Waals surface area contributed by atoms with Gasteiger partial charge in [-0.1, -0.05) is 37.1 Å². The predicted octanol–water partition coefficient (Wildman–Crippen LogP) is 4.61. The topological polar surface area (TPSA) is 66.5 Å². The lowest BCUT2D eigenvalue weighted by atomic mass is 10.2. The van der Waals surface area contributed by atoms with E-state index in [-0.39, 0.29) is 13.1 Å². The number of carbonyl (C=O) groups is 1. The second-order valence-corrected chi connectivity index (χ2v) is 9.08. The van der Waals surface area contributed by atoms with Gasteiger partial charge >= 0.3 is 6.18 Å². The van der Waals surface area contributed by atoms with Gasteiger partial charge in [0.1, 0.15) is 5.82 Å². The highest BCUT2D eigenvalue weighted by Gasteiger charge is 2.35. The third-order valence-electron chi connectivity index (χ3n) is 4.36. The molecule has 0 aliphatic heterocycles. The number of hydrogen-bond donors (Lipinski definition) is 1. The number of carbonyl (C=O) groups excluding carboxylic acids is 1. The highest BCUT2D eigenvalue weighted by molar-refractivity contribution is 7.89. The Labute approximate surface area is 183 Å². The summed E-state index contributed by atoms with van der Waals surface area (Å²) in [5.41, 5.74) is -0.670. The zero-order chi connectivity index (χ0) is 23.2. The van der Waals surface area contributed by atoms with Gasteiger partial charge in [0.05, 0.1) is 22.0 Å². The van der Waals surface area contributed by atoms with Gasteiger partial charge in [-0.2, -0.15) is 17.5 Å². The number of unbranched alkanes of at least 4 members (excludes halogenated alkanes) is 1. The minimum Gasteiger partial charge on any atom is -0.351 e. The van der Waals surface area contributed by atoms with Crippen LogP contribution in [0, 0.1) is 5.82 Å². The van der Waals surface area contributed by atoms with Crippen molar-refractivity contribution in [1.82, 2.24) is 9.62 Å². The normalized spacial score (nSPS) is 12.2. The van der Waals surface area contributed by atoms with Crippen molar-refractivity contribution in [3.8, 4) is 0 Å². The third-order valence-corrected chi connectivity index (χ3v) is 6.54. The molecule has 170 valence electrons. The maximum Gasteiger partial charge on any atom is 0.417 e. The minimum atomic E-state index is -4.83. The molecule has 1 N–H and O–H groups in total. The first-order valence-electron chi connectivity index (χ1n) is 9.33. The fourth-order valence-corrected chi connectivity index (χ4v) is 4.36. The van der Waals surface area contributed by atoms with Crippen molar-refractivity contribution in [2.24, 2.45) is 0 Å². The Kier molecular flexibility index (Phi) is 8.44. The minimum absolute atomic E-state index is 0.0416. The quantitative estimate of drug-likeness (QED) is 0.533. The van der Waals surface area contributed by atoms with Gasteiger partial charge in [-0.3, -0.25) is 4.79 Å². The van der Waals surface area contributed by atoms with Crippen LogP contribution < -0.4 is 5.32 Å². The second-order valence-electron chi connectivity index (χ2n) is 6.73. The molecule has 0 aliphatic rings. The summed E-state index contributed by atoms with van der Waals surface area (Å²) in [7, 11) is -4.39. The van der Waals surface area contributed by atoms with Crippen molar-refractivity contribution in [2.75, 3.05) is 13.1 Å². The molecule has 0 bridgehead atoms. The molecule has 11 heteroatoms. The molecule has 2 rings (SSSR count). The Morgan fingerprint density at radius 2 is 1.77 bits per heavy atom. The molecule has 0 atom stereocenters. The Morgan fingerprint density at radius 1 is 1.13 bits per heavy atom. The Hall–Kier alpha value is -2.17. The molecule has 0 unspecified atom stereocenters. The van der Waals surface area contributed by atoms with Crippen LogP contribution >= 0.6 is 11.6 Å². The zero-order valence-electron chi connectivity index (χ0n) is 16.5. The van der Waals surface area contributed by atoms with Crippen LogP contribution in [0.3, 0.4) is 0 Å². The number of rotatable bonds is 9. The number of alkyl halides is 3. The standard InChI is InChI=1S/C20H21ClF4N2O3S/c1-2-3-10-27(13-19(28)26-12-14-4-6-15(22)7-5-14)31(29,30)16-8-9-18(21)17(11-16)20(23,24)25/h4-9,11H,2-3,10,12-13H2,1H3,(H,26,28). The fourth-order valence-electron chi connectivity index (χ4n) is 2.67. The first-order valence-corrected chi connectivity index (χ1v) is 11.1. The summed E-state index contributed by atoms with van der Waals surface area (Å²) in [5.74, 6) is -1.08. The maximum atomic E-state index is 13.1. The number of nitrogens with one attached hydrogen (secondary N) is 1. The van der Waals surface area contributed by atoms with Gasteiger partial charge in [0.2, 0.25) is 15.9 Å². The summed E-state index contributed by atoms with van der Waals surface area (Å²) < 4.78 is 79.1. The predicted molar refractivity (Wildman–Crippen MR) is 108 cm³/mol. The first kappa shape index (κ1) is 25.1. The number of amides is 1. The van der Waals surface area contributed by atoms with Gasteiger partial charge in [0, 0.05) is 13.1 Å². The average Bonchev–Trinajstić information content (AvgIpc) is 2.69. The molecule has 0 fully saturated rings. The maximum absolute atomic E-state index is 13.1. The van der Waals surface area contributed by atoms with E-state index in [4.69, 9.17) is 11.6 Å². The Morgan fingerprint density at radius 3 is 2.35 bits per heavy atom. The summed E-state index contributed by atoms with van der Waals surface area (Å²) in [6.45, 7) is 1.23. The van der Waals surface area contributed by atoms with Gasteiger partial charge in [-0.25, -0.2) is 12.8 Å². The number of benzene rings is 2. The zero-order valence-corrected chi connectivity index (χ0v) is 18.1. The van der Waals surface area contributed by atoms with Crippen molar-refractivity contribution in [1.29, 1.82) is 0 Å². The molecular weight excluding hydrogens is 460 g/mol. The van der Waals surface area contributed by atoms with Crippen molar-refractivity contribution in [3.63, 3.8) is 0 Å². The van der Waals surface area contributed by atoms with E-state index in [0.29, 0.717) is 24.5 Å². The number of nitrogens with zero attached hydrogens (tertiary/aromatic N) is 1. The van der Waals surface area contributed by atoms with Crippen molar-refractivity contribution < 1.29 is 30.8 Å². The average molecular weight is 481 g/mol. The molecule has 1 amide bonds. The Balaban J connectivity index is 2.21. The summed E-state index contributed by atoms with van der Waals surface area (Å²) >= 11 is 5.57. The van der Waals surface area contributed by atoms with E-state index in [1.165, 1.54) is 24.3 Å². The van der Waals surface area contributed by atoms with E-state index in [9.17, 15) is 30.8 Å². The first-order chi connectivity index (χ1) is 14.4. The molecule has 0 saturated heterocycles. The van der Waals surface area contributed by atoms with Crippen LogP contribution in [0.4, 0.5) is 17.6 Å². The SMILES string of the molecule is CCCCN(CC(=O)NCc1ccc(F)cc1)S(=O)(=O)c1ccc(Cl)c(C(F)(F)F)c1. The van der Waals surface area contributed by atoms with E-state index in [1.54, 1.807) is 0 Å². The van der Waals surface area contributed by atoms with Crippen LogP contribution in [0.25, 0.3) is 0 Å². The van der Waals surface area contributed by atoms with Crippen LogP contribution in [0.5, 0.6) is 0 Å². The van der Waals surface area contributed by atoms with E-state index in [0.717, 1.165) is 16.4 Å². The summed E-state index contributed by atoms with van der Waals surface area (Å²) in [5, 5.41) is 1.90. The lowest BCUT2D eigenvalue weighted by Crippen LogP contribution is -2.41. The van der Waals surface area contributed by atoms with Crippen LogP contribution in [0.15, 0.2) is 47.4 Å². The molecule has 0 radical (unpaired) electrons. The number of hydrogen-bond acceptors (Lipinski definition) is 3. The molecule has 31 heavy (non-hydrogen) atoms. The molecule has 5 nitrogen and oxygen atoms in total. The van der Waals surface area contributed by atoms with Gasteiger partial charge in [0.15, 0.2) is 0 Å². The molecule has 0 heterocycles. The molecule has 0 aliphatic carbocycles. The van der Waals surface area contributed by atoms with Gasteiger partial charge in [0.25, 0.3) is 0 Å². The molecule has 0 saturated carbocycles. The smallest absolute Gasteiger partial charge is 0.351 e. The van der Waals surface area contributed by atoms with E-state index in [2.05, 4.69) is 5.32 Å². The summed E-state index contributed by atoms with van der Waals surface area (Å²) in [4.78, 5) is 11.7. The van der Waals surface area contributed by atoms with E-state index < -0.39 is 50.0 Å². The Bertz CT molecular complexity index is 1010. The van der Waals surface area contributed by atoms with Crippen LogP contribution in [-0.4, -0.2) is 31.7 Å². The van der Waals surface area contributed by atoms with Crippen molar-refractivity contribution in [3.05, 3.63) is 64.4 Å². The van der Waals surface area contributed by atoms with Crippen molar-refractivity contribution >= 4 is 27.5 Å². The molecule has 2 aromatic carbocycles. The lowest BCUT2D eigenvalue weighted by Gasteiger charge is -2.22. The molecular formula is C20H21ClF4N2O3S. The van der Waals surface area contributed by atoms with Gasteiger partial charge in [-0.05, 0) is 42.3 Å². The van der Waals surface area contributed by atoms with Crippen LogP contribution in [-0.2, 0) is 27.5 Å². The summed E-state index contributed by atoms with van der Waals surface area (Å²) in [6, 6.07) is 7.68. The number of sulfonamides is 1. The lowest BCUT2D eigenvalue weighted by molar-refractivity contribution is -0.137. The van der Waals surface area contributed by atoms with Crippen molar-refractivity contribution in [2.45, 2.75) is 37.4 Å². The fraction of sp³-hybridized carbons (Fsp3) is 0.350. The molecule has 0 spiro atoms. The monoisotopic (exact) mass is 480 g/mol. The second kappa shape index (κ2) is 10.4. The number of halogens is 5. The molecule has 2 aromatic rings. The highest BCUT2D eigenvalue weighted by Crippen LogP contribution is 2.36. The summed E-state index contributed by atoms with van der Waals surface area (Å²) in [6.07, 6.45) is -3.81. The highest BCUT2D eigenvalue weighted by atomic mass is 35.5. The van der Waals surface area contributed by atoms with E-state index in [1.807, 2.05) is 6.92 Å². The molecule has 0 aromatic heterocycles. The van der Waals surface area contributed by atoms with Crippen LogP contribution in [0.1, 0.15) is 30.9 Å². The largest absolute Gasteiger partial charge is 0.417 e. The third kappa shape index (κ3) is 6.91. The van der Waals surface area contributed by atoms with Gasteiger partial charge in [-0.15, -0.1) is 0 Å². The van der Waals surface area contributed by atoms with Crippen LogP contribution in [0.2, 0.25) is 5.02 Å². The van der Waals surface area contributed by atoms with Gasteiger partial charge < -0.3 is 5.32 Å². The van der Waals surface area contributed by atoms with E-state index >= 15 is 0 Å².